The van der Waals surface area contributed by atoms with Gasteiger partial charge < -0.3 is 10.6 Å². The Morgan fingerprint density at radius 2 is 2.06 bits per heavy atom. The van der Waals surface area contributed by atoms with Gasteiger partial charge in [-0.2, -0.15) is 0 Å². The highest BCUT2D eigenvalue weighted by molar-refractivity contribution is 14.0. The highest BCUT2D eigenvalue weighted by Gasteiger charge is 2.17. The molecule has 102 valence electrons. The number of aliphatic imine (C=N–C) groups is 1. The van der Waals surface area contributed by atoms with Crippen molar-refractivity contribution >= 4 is 29.9 Å². The monoisotopic (exact) mass is 353 g/mol. The van der Waals surface area contributed by atoms with Gasteiger partial charge in [0.1, 0.15) is 0 Å². The van der Waals surface area contributed by atoms with E-state index in [0.29, 0.717) is 5.92 Å². The first-order valence-electron chi connectivity index (χ1n) is 6.72. The van der Waals surface area contributed by atoms with Crippen molar-refractivity contribution in [2.75, 3.05) is 19.6 Å². The van der Waals surface area contributed by atoms with Gasteiger partial charge in [0.2, 0.25) is 0 Å². The predicted molar refractivity (Wildman–Crippen MR) is 85.9 cm³/mol. The summed E-state index contributed by atoms with van der Waals surface area (Å²) in [6.45, 7) is 9.80. The van der Waals surface area contributed by atoms with Gasteiger partial charge in [-0.3, -0.25) is 4.99 Å². The average Bonchev–Trinajstić information content (AvgIpc) is 2.30. The van der Waals surface area contributed by atoms with Gasteiger partial charge >= 0.3 is 0 Å². The van der Waals surface area contributed by atoms with Gasteiger partial charge in [0.25, 0.3) is 0 Å². The fraction of sp³-hybridized carbons (Fsp3) is 0.923. The van der Waals surface area contributed by atoms with Crippen molar-refractivity contribution in [3.63, 3.8) is 0 Å². The molecule has 0 amide bonds. The molecule has 1 aliphatic heterocycles. The molecule has 1 aliphatic rings. The molecule has 0 aromatic carbocycles. The van der Waals surface area contributed by atoms with Crippen molar-refractivity contribution in [3.05, 3.63) is 0 Å². The first-order valence-corrected chi connectivity index (χ1v) is 6.72. The second-order valence-corrected chi connectivity index (χ2v) is 5.07. The summed E-state index contributed by atoms with van der Waals surface area (Å²) in [6, 6.07) is 0. The van der Waals surface area contributed by atoms with E-state index in [-0.39, 0.29) is 24.0 Å². The van der Waals surface area contributed by atoms with Gasteiger partial charge in [-0.05, 0) is 24.7 Å². The molecule has 0 spiro atoms. The van der Waals surface area contributed by atoms with E-state index in [1.165, 1.54) is 25.7 Å². The van der Waals surface area contributed by atoms with Crippen LogP contribution in [-0.4, -0.2) is 30.5 Å². The minimum atomic E-state index is 0. The van der Waals surface area contributed by atoms with E-state index in [9.17, 15) is 0 Å². The molecule has 1 heterocycles. The first kappa shape index (κ1) is 17.0. The summed E-state index contributed by atoms with van der Waals surface area (Å²) >= 11 is 0. The van der Waals surface area contributed by atoms with Crippen LogP contribution in [0, 0.1) is 11.8 Å². The van der Waals surface area contributed by atoms with Crippen LogP contribution >= 0.6 is 24.0 Å². The lowest BCUT2D eigenvalue weighted by molar-refractivity contribution is 0.270. The zero-order valence-corrected chi connectivity index (χ0v) is 13.8. The lowest BCUT2D eigenvalue weighted by Crippen LogP contribution is -2.43. The maximum Gasteiger partial charge on any atom is 0.191 e. The molecule has 1 atom stereocenters. The molecule has 1 fully saturated rings. The number of nitrogens with two attached hydrogens (primary N) is 1. The minimum absolute atomic E-state index is 0. The third-order valence-electron chi connectivity index (χ3n) is 3.65. The van der Waals surface area contributed by atoms with Gasteiger partial charge in [-0.25, -0.2) is 0 Å². The number of piperidine rings is 1. The Labute approximate surface area is 123 Å². The lowest BCUT2D eigenvalue weighted by Gasteiger charge is -2.31. The number of halogens is 1. The summed E-state index contributed by atoms with van der Waals surface area (Å²) in [5.41, 5.74) is 6.04. The Kier molecular flexibility index (Phi) is 9.00. The Hall–Kier alpha value is 0. The summed E-state index contributed by atoms with van der Waals surface area (Å²) in [5.74, 6) is 2.22. The molecule has 0 aliphatic carbocycles. The normalized spacial score (nSPS) is 21.5. The van der Waals surface area contributed by atoms with E-state index in [1.54, 1.807) is 0 Å². The summed E-state index contributed by atoms with van der Waals surface area (Å²) in [4.78, 5) is 6.79. The van der Waals surface area contributed by atoms with Crippen LogP contribution in [0.1, 0.15) is 46.5 Å². The van der Waals surface area contributed by atoms with Crippen LogP contribution in [-0.2, 0) is 0 Å². The molecule has 0 aromatic rings. The fourth-order valence-electron chi connectivity index (χ4n) is 2.27. The lowest BCUT2D eigenvalue weighted by atomic mass is 10.0. The van der Waals surface area contributed by atoms with E-state index in [2.05, 4.69) is 30.7 Å². The second-order valence-electron chi connectivity index (χ2n) is 5.07. The van der Waals surface area contributed by atoms with Crippen molar-refractivity contribution in [1.82, 2.24) is 4.90 Å². The standard InChI is InChI=1S/C13H27N3.HI/c1-4-12(5-2)9-15-13(14)16-8-6-7-11(3)10-16;/h11-12H,4-10H2,1-3H3,(H2,14,15);1H. The number of hydrogen-bond acceptors (Lipinski definition) is 1. The van der Waals surface area contributed by atoms with E-state index in [1.807, 2.05) is 0 Å². The van der Waals surface area contributed by atoms with Crippen LogP contribution in [0.3, 0.4) is 0 Å². The molecule has 1 unspecified atom stereocenters. The minimum Gasteiger partial charge on any atom is -0.370 e. The number of hydrogen-bond donors (Lipinski definition) is 1. The highest BCUT2D eigenvalue weighted by Crippen LogP contribution is 2.15. The zero-order valence-electron chi connectivity index (χ0n) is 11.5. The Morgan fingerprint density at radius 3 is 2.59 bits per heavy atom. The van der Waals surface area contributed by atoms with Gasteiger partial charge in [0.15, 0.2) is 5.96 Å². The average molecular weight is 353 g/mol. The first-order chi connectivity index (χ1) is 7.67. The highest BCUT2D eigenvalue weighted by atomic mass is 127. The van der Waals surface area contributed by atoms with E-state index in [0.717, 1.165) is 31.5 Å². The summed E-state index contributed by atoms with van der Waals surface area (Å²) < 4.78 is 0. The third-order valence-corrected chi connectivity index (χ3v) is 3.65. The van der Waals surface area contributed by atoms with Crippen molar-refractivity contribution in [2.45, 2.75) is 46.5 Å². The molecule has 4 heteroatoms. The van der Waals surface area contributed by atoms with Crippen LogP contribution in [0.5, 0.6) is 0 Å². The van der Waals surface area contributed by atoms with Crippen LogP contribution in [0.2, 0.25) is 0 Å². The third kappa shape index (κ3) is 5.93. The number of nitrogens with zero attached hydrogens (tertiary/aromatic N) is 2. The summed E-state index contributed by atoms with van der Waals surface area (Å²) in [6.07, 6.45) is 4.98. The van der Waals surface area contributed by atoms with Crippen molar-refractivity contribution in [1.29, 1.82) is 0 Å². The maximum absolute atomic E-state index is 6.04. The SMILES string of the molecule is CCC(CC)CN=C(N)N1CCCC(C)C1.I. The topological polar surface area (TPSA) is 41.6 Å². The molecule has 2 N–H and O–H groups in total. The van der Waals surface area contributed by atoms with Crippen molar-refractivity contribution in [3.8, 4) is 0 Å². The predicted octanol–water partition coefficient (Wildman–Crippen LogP) is 3.09. The van der Waals surface area contributed by atoms with Crippen LogP contribution < -0.4 is 5.73 Å². The molecule has 0 radical (unpaired) electrons. The Balaban J connectivity index is 0.00000256. The number of rotatable bonds is 4. The summed E-state index contributed by atoms with van der Waals surface area (Å²) in [7, 11) is 0. The van der Waals surface area contributed by atoms with Gasteiger partial charge in [-0.15, -0.1) is 24.0 Å². The van der Waals surface area contributed by atoms with E-state index >= 15 is 0 Å². The van der Waals surface area contributed by atoms with E-state index in [4.69, 9.17) is 5.73 Å². The molecule has 3 nitrogen and oxygen atoms in total. The molecule has 1 rings (SSSR count). The molecule has 0 aromatic heterocycles. The van der Waals surface area contributed by atoms with E-state index < -0.39 is 0 Å². The Morgan fingerprint density at radius 1 is 1.41 bits per heavy atom. The van der Waals surface area contributed by atoms with Crippen molar-refractivity contribution in [2.24, 2.45) is 22.6 Å². The maximum atomic E-state index is 6.04. The van der Waals surface area contributed by atoms with Crippen LogP contribution in [0.15, 0.2) is 4.99 Å². The van der Waals surface area contributed by atoms with Crippen LogP contribution in [0.4, 0.5) is 0 Å². The quantitative estimate of drug-likeness (QED) is 0.479. The molecule has 0 saturated carbocycles. The Bertz CT molecular complexity index is 227. The largest absolute Gasteiger partial charge is 0.370 e. The van der Waals surface area contributed by atoms with Crippen molar-refractivity contribution < 1.29 is 0 Å². The number of likely N-dealkylation sites (tertiary alicyclic amines) is 1. The molecule has 0 bridgehead atoms. The van der Waals surface area contributed by atoms with Crippen LogP contribution in [0.25, 0.3) is 0 Å². The van der Waals surface area contributed by atoms with Gasteiger partial charge in [0, 0.05) is 19.6 Å². The molecule has 17 heavy (non-hydrogen) atoms. The van der Waals surface area contributed by atoms with Gasteiger partial charge in [-0.1, -0.05) is 33.6 Å². The molecular formula is C13H28IN3. The van der Waals surface area contributed by atoms with Gasteiger partial charge in [0.05, 0.1) is 0 Å². The molecule has 1 saturated heterocycles. The second kappa shape index (κ2) is 9.00. The molecular weight excluding hydrogens is 325 g/mol. The zero-order chi connectivity index (χ0) is 12.0. The number of guanidine groups is 1. The smallest absolute Gasteiger partial charge is 0.191 e. The summed E-state index contributed by atoms with van der Waals surface area (Å²) in [5, 5.41) is 0. The fourth-order valence-corrected chi connectivity index (χ4v) is 2.27.